The van der Waals surface area contributed by atoms with E-state index in [0.717, 1.165) is 25.2 Å². The van der Waals surface area contributed by atoms with Crippen LogP contribution < -0.4 is 5.32 Å². The van der Waals surface area contributed by atoms with E-state index in [1.165, 1.54) is 36.8 Å². The van der Waals surface area contributed by atoms with Crippen LogP contribution in [0.1, 0.15) is 62.1 Å². The summed E-state index contributed by atoms with van der Waals surface area (Å²) in [4.78, 5) is 24.3. The Kier molecular flexibility index (Phi) is 4.78. The van der Waals surface area contributed by atoms with Gasteiger partial charge >= 0.3 is 5.97 Å². The molecule has 0 aromatic heterocycles. The van der Waals surface area contributed by atoms with Crippen molar-refractivity contribution >= 4 is 11.9 Å². The highest BCUT2D eigenvalue weighted by atomic mass is 16.5. The molecule has 0 heterocycles. The zero-order valence-corrected chi connectivity index (χ0v) is 14.7. The van der Waals surface area contributed by atoms with E-state index < -0.39 is 0 Å². The van der Waals surface area contributed by atoms with E-state index >= 15 is 0 Å². The van der Waals surface area contributed by atoms with Crippen LogP contribution in [-0.4, -0.2) is 18.5 Å². The SMILES string of the molecule is O=C(COC(=O)C[C@@H]1C[C@H]2CC[C@H]1C2)N[C@@H]1CCCc2ccccc21. The molecule has 4 heteroatoms. The van der Waals surface area contributed by atoms with Gasteiger partial charge in [0.05, 0.1) is 6.04 Å². The number of esters is 1. The number of benzene rings is 1. The van der Waals surface area contributed by atoms with Crippen molar-refractivity contribution in [2.24, 2.45) is 17.8 Å². The van der Waals surface area contributed by atoms with Crippen molar-refractivity contribution in [3.8, 4) is 0 Å². The summed E-state index contributed by atoms with van der Waals surface area (Å²) in [7, 11) is 0. The quantitative estimate of drug-likeness (QED) is 0.833. The van der Waals surface area contributed by atoms with Crippen molar-refractivity contribution < 1.29 is 14.3 Å². The summed E-state index contributed by atoms with van der Waals surface area (Å²) in [6.07, 6.45) is 8.64. The highest BCUT2D eigenvalue weighted by Crippen LogP contribution is 2.49. The van der Waals surface area contributed by atoms with E-state index in [1.54, 1.807) is 0 Å². The van der Waals surface area contributed by atoms with Crippen molar-refractivity contribution in [2.45, 2.75) is 57.4 Å². The van der Waals surface area contributed by atoms with Crippen molar-refractivity contribution in [3.63, 3.8) is 0 Å². The van der Waals surface area contributed by atoms with Gasteiger partial charge in [0.2, 0.25) is 0 Å². The number of rotatable bonds is 5. The van der Waals surface area contributed by atoms with E-state index in [9.17, 15) is 9.59 Å². The molecule has 2 fully saturated rings. The lowest BCUT2D eigenvalue weighted by molar-refractivity contribution is -0.150. The maximum atomic E-state index is 12.2. The van der Waals surface area contributed by atoms with E-state index in [1.807, 2.05) is 12.1 Å². The molecule has 1 aromatic rings. The highest BCUT2D eigenvalue weighted by molar-refractivity contribution is 5.81. The number of carbonyl (C=O) groups excluding carboxylic acids is 2. The molecule has 4 nitrogen and oxygen atoms in total. The number of hydrogen-bond acceptors (Lipinski definition) is 3. The lowest BCUT2D eigenvalue weighted by Crippen LogP contribution is -2.34. The first-order valence-corrected chi connectivity index (χ1v) is 9.72. The molecule has 0 aliphatic heterocycles. The monoisotopic (exact) mass is 341 g/mol. The lowest BCUT2D eigenvalue weighted by atomic mass is 9.86. The largest absolute Gasteiger partial charge is 0.456 e. The minimum absolute atomic E-state index is 0.0433. The van der Waals surface area contributed by atoms with E-state index in [0.29, 0.717) is 18.3 Å². The van der Waals surface area contributed by atoms with Crippen molar-refractivity contribution in [1.29, 1.82) is 0 Å². The smallest absolute Gasteiger partial charge is 0.306 e. The van der Waals surface area contributed by atoms with Crippen LogP contribution in [0.3, 0.4) is 0 Å². The first-order valence-electron chi connectivity index (χ1n) is 9.72. The highest BCUT2D eigenvalue weighted by Gasteiger charge is 2.40. The zero-order valence-electron chi connectivity index (χ0n) is 14.7. The number of carbonyl (C=O) groups is 2. The summed E-state index contributed by atoms with van der Waals surface area (Å²) in [5.41, 5.74) is 2.52. The Balaban J connectivity index is 1.24. The summed E-state index contributed by atoms with van der Waals surface area (Å²) in [6, 6.07) is 8.31. The van der Waals surface area contributed by atoms with E-state index in [4.69, 9.17) is 4.74 Å². The van der Waals surface area contributed by atoms with Crippen LogP contribution in [-0.2, 0) is 20.7 Å². The van der Waals surface area contributed by atoms with E-state index in [-0.39, 0.29) is 24.5 Å². The molecule has 1 aromatic carbocycles. The molecule has 134 valence electrons. The summed E-state index contributed by atoms with van der Waals surface area (Å²) >= 11 is 0. The third kappa shape index (κ3) is 3.73. The van der Waals surface area contributed by atoms with E-state index in [2.05, 4.69) is 17.4 Å². The van der Waals surface area contributed by atoms with Gasteiger partial charge in [0.15, 0.2) is 6.61 Å². The standard InChI is InChI=1S/C21H27NO3/c23-20(22-19-7-3-5-15-4-1-2-6-18(15)19)13-25-21(24)12-17-11-14-8-9-16(17)10-14/h1-2,4,6,14,16-17,19H,3,5,7-13H2,(H,22,23)/t14-,16-,17-,19+/m0/s1. The van der Waals surface area contributed by atoms with Gasteiger partial charge in [-0.1, -0.05) is 30.7 Å². The molecule has 2 saturated carbocycles. The third-order valence-corrected chi connectivity index (χ3v) is 6.38. The molecule has 1 N–H and O–H groups in total. The Morgan fingerprint density at radius 2 is 2.00 bits per heavy atom. The van der Waals surface area contributed by atoms with Crippen LogP contribution in [0, 0.1) is 17.8 Å². The van der Waals surface area contributed by atoms with Gasteiger partial charge < -0.3 is 10.1 Å². The molecular formula is C21H27NO3. The second kappa shape index (κ2) is 7.19. The summed E-state index contributed by atoms with van der Waals surface area (Å²) in [6.45, 7) is -0.154. The van der Waals surface area contributed by atoms with Crippen LogP contribution in [0.25, 0.3) is 0 Å². The number of nitrogens with one attached hydrogen (secondary N) is 1. The normalized spacial score (nSPS) is 29.9. The van der Waals surface area contributed by atoms with Crippen molar-refractivity contribution in [1.82, 2.24) is 5.32 Å². The van der Waals surface area contributed by atoms with Gasteiger partial charge in [0, 0.05) is 6.42 Å². The Labute approximate surface area is 149 Å². The van der Waals surface area contributed by atoms with Crippen molar-refractivity contribution in [3.05, 3.63) is 35.4 Å². The Bertz CT molecular complexity index is 656. The molecule has 1 amide bonds. The Hall–Kier alpha value is -1.84. The first kappa shape index (κ1) is 16.6. The van der Waals surface area contributed by atoms with Crippen LogP contribution >= 0.6 is 0 Å². The molecular weight excluding hydrogens is 314 g/mol. The van der Waals surface area contributed by atoms with Gasteiger partial charge in [-0.2, -0.15) is 0 Å². The minimum atomic E-state index is -0.211. The average molecular weight is 341 g/mol. The van der Waals surface area contributed by atoms with Gasteiger partial charge in [-0.05, 0) is 67.4 Å². The van der Waals surface area contributed by atoms with Crippen LogP contribution in [0.4, 0.5) is 0 Å². The number of aryl methyl sites for hydroxylation is 1. The molecule has 0 unspecified atom stereocenters. The first-order chi connectivity index (χ1) is 12.2. The number of fused-ring (bicyclic) bond motifs is 3. The molecule has 25 heavy (non-hydrogen) atoms. The van der Waals surface area contributed by atoms with Gasteiger partial charge in [-0.3, -0.25) is 9.59 Å². The predicted molar refractivity (Wildman–Crippen MR) is 94.8 cm³/mol. The summed E-state index contributed by atoms with van der Waals surface area (Å²) < 4.78 is 5.25. The third-order valence-electron chi connectivity index (χ3n) is 6.38. The maximum absolute atomic E-state index is 12.2. The fourth-order valence-electron chi connectivity index (χ4n) is 5.19. The van der Waals surface area contributed by atoms with Crippen LogP contribution in [0.15, 0.2) is 24.3 Å². The van der Waals surface area contributed by atoms with Crippen molar-refractivity contribution in [2.75, 3.05) is 6.61 Å². The maximum Gasteiger partial charge on any atom is 0.306 e. The molecule has 0 spiro atoms. The lowest BCUT2D eigenvalue weighted by Gasteiger charge is -2.26. The molecule has 2 bridgehead atoms. The second-order valence-electron chi connectivity index (χ2n) is 8.01. The number of amides is 1. The second-order valence-corrected chi connectivity index (χ2v) is 8.01. The van der Waals surface area contributed by atoms with Gasteiger partial charge in [0.1, 0.15) is 0 Å². The number of hydrogen-bond donors (Lipinski definition) is 1. The van der Waals surface area contributed by atoms with Gasteiger partial charge in [-0.25, -0.2) is 0 Å². The molecule has 3 aliphatic rings. The fourth-order valence-corrected chi connectivity index (χ4v) is 5.19. The van der Waals surface area contributed by atoms with Gasteiger partial charge in [-0.15, -0.1) is 0 Å². The molecule has 4 atom stereocenters. The minimum Gasteiger partial charge on any atom is -0.456 e. The van der Waals surface area contributed by atoms with Crippen LogP contribution in [0.5, 0.6) is 0 Å². The summed E-state index contributed by atoms with van der Waals surface area (Å²) in [5.74, 6) is 1.63. The topological polar surface area (TPSA) is 55.4 Å². The summed E-state index contributed by atoms with van der Waals surface area (Å²) in [5, 5.41) is 3.03. The molecule has 4 rings (SSSR count). The van der Waals surface area contributed by atoms with Crippen LogP contribution in [0.2, 0.25) is 0 Å². The molecule has 3 aliphatic carbocycles. The predicted octanol–water partition coefficient (Wildman–Crippen LogP) is 3.55. The Morgan fingerprint density at radius 1 is 1.12 bits per heavy atom. The Morgan fingerprint density at radius 3 is 2.80 bits per heavy atom. The number of ether oxygens (including phenoxy) is 1. The van der Waals surface area contributed by atoms with Gasteiger partial charge in [0.25, 0.3) is 5.91 Å². The molecule has 0 saturated heterocycles. The molecule has 0 radical (unpaired) electrons. The fraction of sp³-hybridized carbons (Fsp3) is 0.619. The zero-order chi connectivity index (χ0) is 17.2. The average Bonchev–Trinajstić information content (AvgIpc) is 3.23.